The number of nitrogens with one attached hydrogen (secondary N) is 2. The van der Waals surface area contributed by atoms with Crippen molar-refractivity contribution in [1.82, 2.24) is 34.4 Å². The van der Waals surface area contributed by atoms with Crippen LogP contribution in [0.3, 0.4) is 0 Å². The third kappa shape index (κ3) is 3.93. The number of carbonyl (C=O) groups is 1. The Morgan fingerprint density at radius 1 is 1.21 bits per heavy atom. The summed E-state index contributed by atoms with van der Waals surface area (Å²) in [6.45, 7) is 6.33. The average molecular weight is 463 g/mol. The number of carbonyl (C=O) groups excluding carboxylic acids is 1. The van der Waals surface area contributed by atoms with Gasteiger partial charge in [-0.05, 0) is 37.3 Å². The first-order chi connectivity index (χ1) is 16.4. The number of aromatic amines is 1. The van der Waals surface area contributed by atoms with E-state index in [4.69, 9.17) is 0 Å². The zero-order valence-electron chi connectivity index (χ0n) is 19.8. The number of piperidine rings is 1. The molecular weight excluding hydrogens is 432 g/mol. The highest BCUT2D eigenvalue weighted by molar-refractivity contribution is 5.96. The maximum absolute atomic E-state index is 12.7. The van der Waals surface area contributed by atoms with Crippen LogP contribution in [0.25, 0.3) is 22.2 Å². The van der Waals surface area contributed by atoms with Gasteiger partial charge in [-0.3, -0.25) is 9.36 Å². The fraction of sp³-hybridized carbons (Fsp3) is 0.458. The minimum Gasteiger partial charge on any atom is -0.355 e. The van der Waals surface area contributed by atoms with Gasteiger partial charge in [0.1, 0.15) is 6.33 Å². The van der Waals surface area contributed by atoms with E-state index in [0.717, 1.165) is 49.2 Å². The largest absolute Gasteiger partial charge is 0.355 e. The number of anilines is 1. The summed E-state index contributed by atoms with van der Waals surface area (Å²) in [6.07, 6.45) is 4.05. The molecule has 0 radical (unpaired) electrons. The lowest BCUT2D eigenvalue weighted by atomic mass is 10.0. The molecule has 1 aromatic carbocycles. The number of fused-ring (bicyclic) bond motifs is 2. The van der Waals surface area contributed by atoms with Crippen molar-refractivity contribution in [1.29, 1.82) is 0 Å². The van der Waals surface area contributed by atoms with Crippen molar-refractivity contribution in [2.75, 3.05) is 24.5 Å². The van der Waals surface area contributed by atoms with Crippen molar-refractivity contribution < 1.29 is 4.79 Å². The number of amides is 1. The normalized spacial score (nSPS) is 15.0. The van der Waals surface area contributed by atoms with Crippen LogP contribution in [0.15, 0.2) is 35.4 Å². The summed E-state index contributed by atoms with van der Waals surface area (Å²) in [4.78, 5) is 44.0. The van der Waals surface area contributed by atoms with Gasteiger partial charge in [0.05, 0.1) is 11.0 Å². The monoisotopic (exact) mass is 462 g/mol. The van der Waals surface area contributed by atoms with Gasteiger partial charge in [0, 0.05) is 32.7 Å². The number of imidazole rings is 2. The number of hydrogen-bond donors (Lipinski definition) is 2. The summed E-state index contributed by atoms with van der Waals surface area (Å²) >= 11 is 0. The summed E-state index contributed by atoms with van der Waals surface area (Å²) in [5.41, 5.74) is 2.99. The van der Waals surface area contributed by atoms with Gasteiger partial charge in [-0.1, -0.05) is 26.0 Å². The lowest BCUT2D eigenvalue weighted by Crippen LogP contribution is -2.37. The summed E-state index contributed by atoms with van der Waals surface area (Å²) in [7, 11) is 1.80. The highest BCUT2D eigenvalue weighted by Crippen LogP contribution is 2.30. The second-order valence-electron chi connectivity index (χ2n) is 9.34. The Bertz CT molecular complexity index is 1390. The molecule has 10 heteroatoms. The molecule has 4 heterocycles. The van der Waals surface area contributed by atoms with Crippen molar-refractivity contribution >= 4 is 33.9 Å². The number of hydrogen-bond acceptors (Lipinski definition) is 6. The molecule has 3 aromatic heterocycles. The molecule has 2 N–H and O–H groups in total. The number of benzene rings is 1. The van der Waals surface area contributed by atoms with Gasteiger partial charge < -0.3 is 19.8 Å². The van der Waals surface area contributed by atoms with Crippen molar-refractivity contribution in [2.24, 2.45) is 13.0 Å². The Labute approximate surface area is 197 Å². The topological polar surface area (TPSA) is 114 Å². The van der Waals surface area contributed by atoms with Crippen LogP contribution in [-0.2, 0) is 7.05 Å². The number of aromatic nitrogens is 6. The standard InChI is InChI=1S/C24H30N8O2/c1-15(2)8-11-25-23(33)22-29-19-20(30(22)3)26-14-27-21(19)31-12-9-16(10-13-31)32-18-7-5-4-6-17(18)28-24(32)34/h4-7,14-16H,8-13H2,1-3H3,(H,25,33)(H,28,34). The van der Waals surface area contributed by atoms with Crippen LogP contribution in [0.4, 0.5) is 5.82 Å². The van der Waals surface area contributed by atoms with Gasteiger partial charge >= 0.3 is 5.69 Å². The molecular formula is C24H30N8O2. The zero-order valence-corrected chi connectivity index (χ0v) is 19.8. The molecule has 0 unspecified atom stereocenters. The molecule has 1 fully saturated rings. The van der Waals surface area contributed by atoms with E-state index in [1.54, 1.807) is 11.6 Å². The molecule has 4 aromatic rings. The van der Waals surface area contributed by atoms with Gasteiger partial charge in [-0.2, -0.15) is 0 Å². The smallest absolute Gasteiger partial charge is 0.326 e. The molecule has 1 amide bonds. The molecule has 1 aliphatic rings. The first kappa shape index (κ1) is 22.1. The van der Waals surface area contributed by atoms with E-state index in [0.29, 0.717) is 29.5 Å². The molecule has 0 atom stereocenters. The van der Waals surface area contributed by atoms with E-state index >= 15 is 0 Å². The SMILES string of the molecule is CC(C)CCNC(=O)c1nc2c(N3CCC(n4c(=O)[nH]c5ccccc54)CC3)ncnc2n1C. The maximum Gasteiger partial charge on any atom is 0.326 e. The van der Waals surface area contributed by atoms with Crippen molar-refractivity contribution in [3.8, 4) is 0 Å². The van der Waals surface area contributed by atoms with E-state index in [2.05, 4.69) is 44.0 Å². The van der Waals surface area contributed by atoms with E-state index in [-0.39, 0.29) is 17.6 Å². The maximum atomic E-state index is 12.7. The van der Waals surface area contributed by atoms with Crippen molar-refractivity contribution in [3.05, 3.63) is 46.9 Å². The molecule has 34 heavy (non-hydrogen) atoms. The van der Waals surface area contributed by atoms with Gasteiger partial charge in [0.15, 0.2) is 17.0 Å². The van der Waals surface area contributed by atoms with Gasteiger partial charge in [0.2, 0.25) is 5.82 Å². The third-order valence-corrected chi connectivity index (χ3v) is 6.60. The number of aryl methyl sites for hydroxylation is 1. The molecule has 1 saturated heterocycles. The van der Waals surface area contributed by atoms with Crippen molar-refractivity contribution in [3.63, 3.8) is 0 Å². The third-order valence-electron chi connectivity index (χ3n) is 6.60. The lowest BCUT2D eigenvalue weighted by Gasteiger charge is -2.33. The van der Waals surface area contributed by atoms with Gasteiger partial charge in [-0.25, -0.2) is 19.7 Å². The van der Waals surface area contributed by atoms with E-state index < -0.39 is 0 Å². The Hall–Kier alpha value is -3.69. The minimum absolute atomic E-state index is 0.0677. The number of nitrogens with zero attached hydrogens (tertiary/aromatic N) is 6. The van der Waals surface area contributed by atoms with Crippen molar-refractivity contribution in [2.45, 2.75) is 39.2 Å². The minimum atomic E-state index is -0.204. The highest BCUT2D eigenvalue weighted by atomic mass is 16.2. The molecule has 0 bridgehead atoms. The Kier molecular flexibility index (Phi) is 5.80. The summed E-state index contributed by atoms with van der Waals surface area (Å²) in [6, 6.07) is 7.91. The molecule has 1 aliphatic heterocycles. The average Bonchev–Trinajstić information content (AvgIpc) is 3.35. The first-order valence-electron chi connectivity index (χ1n) is 11.8. The van der Waals surface area contributed by atoms with E-state index in [1.807, 2.05) is 28.8 Å². The predicted octanol–water partition coefficient (Wildman–Crippen LogP) is 2.62. The van der Waals surface area contributed by atoms with Gasteiger partial charge in [0.25, 0.3) is 5.91 Å². The lowest BCUT2D eigenvalue weighted by molar-refractivity contribution is 0.0939. The first-order valence-corrected chi connectivity index (χ1v) is 11.8. The van der Waals surface area contributed by atoms with Gasteiger partial charge in [-0.15, -0.1) is 0 Å². The number of rotatable bonds is 6. The summed E-state index contributed by atoms with van der Waals surface area (Å²) in [5, 5.41) is 2.95. The number of H-pyrrole nitrogens is 1. The Balaban J connectivity index is 1.36. The molecule has 5 rings (SSSR count). The predicted molar refractivity (Wildman–Crippen MR) is 131 cm³/mol. The summed E-state index contributed by atoms with van der Waals surface area (Å²) in [5.74, 6) is 1.37. The van der Waals surface area contributed by atoms with E-state index in [9.17, 15) is 9.59 Å². The Morgan fingerprint density at radius 3 is 2.74 bits per heavy atom. The second kappa shape index (κ2) is 8.92. The quantitative estimate of drug-likeness (QED) is 0.455. The molecule has 0 saturated carbocycles. The molecule has 0 aliphatic carbocycles. The van der Waals surface area contributed by atoms with E-state index in [1.165, 1.54) is 6.33 Å². The van der Waals surface area contributed by atoms with Crippen LogP contribution >= 0.6 is 0 Å². The molecule has 0 spiro atoms. The Morgan fingerprint density at radius 2 is 1.97 bits per heavy atom. The number of para-hydroxylation sites is 2. The molecule has 10 nitrogen and oxygen atoms in total. The second-order valence-corrected chi connectivity index (χ2v) is 9.34. The van der Waals surface area contributed by atoms with Crippen LogP contribution in [0.2, 0.25) is 0 Å². The molecule has 178 valence electrons. The zero-order chi connectivity index (χ0) is 23.8. The van der Waals surface area contributed by atoms with Crippen LogP contribution < -0.4 is 15.9 Å². The van der Waals surface area contributed by atoms with Crippen LogP contribution in [-0.4, -0.2) is 54.6 Å². The fourth-order valence-electron chi connectivity index (χ4n) is 4.75. The van der Waals surface area contributed by atoms with Crippen LogP contribution in [0.1, 0.15) is 49.8 Å². The fourth-order valence-corrected chi connectivity index (χ4v) is 4.75. The summed E-state index contributed by atoms with van der Waals surface area (Å²) < 4.78 is 3.60. The van der Waals surface area contributed by atoms with Crippen LogP contribution in [0.5, 0.6) is 0 Å². The highest BCUT2D eigenvalue weighted by Gasteiger charge is 2.27. The van der Waals surface area contributed by atoms with Crippen LogP contribution in [0, 0.1) is 5.92 Å².